The third-order valence-corrected chi connectivity index (χ3v) is 3.97. The summed E-state index contributed by atoms with van der Waals surface area (Å²) < 4.78 is 0. The Morgan fingerprint density at radius 3 is 2.47 bits per heavy atom. The standard InChI is InChI=1S/C15H16Cl2N2/c1-10-4-2-3-5-11(10)9-15(19-18)12-6-7-13(16)14(17)8-12/h2-8,15,19H,9,18H2,1H3. The first kappa shape index (κ1) is 14.4. The number of rotatable bonds is 4. The molecule has 3 N–H and O–H groups in total. The number of nitrogens with one attached hydrogen (secondary N) is 1. The summed E-state index contributed by atoms with van der Waals surface area (Å²) in [6.45, 7) is 2.09. The van der Waals surface area contributed by atoms with Crippen molar-refractivity contribution in [2.24, 2.45) is 5.84 Å². The zero-order valence-corrected chi connectivity index (χ0v) is 12.2. The molecule has 0 saturated heterocycles. The Morgan fingerprint density at radius 2 is 1.84 bits per heavy atom. The predicted octanol–water partition coefficient (Wildman–Crippen LogP) is 4.05. The Balaban J connectivity index is 2.25. The lowest BCUT2D eigenvalue weighted by atomic mass is 9.96. The molecule has 0 aliphatic carbocycles. The normalized spacial score (nSPS) is 12.4. The minimum absolute atomic E-state index is 0.0101. The van der Waals surface area contributed by atoms with Gasteiger partial charge >= 0.3 is 0 Å². The van der Waals surface area contributed by atoms with Crippen molar-refractivity contribution in [3.8, 4) is 0 Å². The Hall–Kier alpha value is -1.06. The summed E-state index contributed by atoms with van der Waals surface area (Å²) in [5, 5.41) is 1.10. The Morgan fingerprint density at radius 1 is 1.11 bits per heavy atom. The van der Waals surface area contributed by atoms with Crippen LogP contribution in [0.15, 0.2) is 42.5 Å². The van der Waals surface area contributed by atoms with Gasteiger partial charge in [-0.25, -0.2) is 0 Å². The molecule has 0 aliphatic heterocycles. The lowest BCUT2D eigenvalue weighted by molar-refractivity contribution is 0.551. The van der Waals surface area contributed by atoms with Crippen molar-refractivity contribution in [3.05, 3.63) is 69.2 Å². The third kappa shape index (κ3) is 3.48. The Labute approximate surface area is 123 Å². The Bertz CT molecular complexity index is 570. The van der Waals surface area contributed by atoms with Crippen LogP contribution in [0.2, 0.25) is 10.0 Å². The van der Waals surface area contributed by atoms with Gasteiger partial charge in [-0.05, 0) is 42.2 Å². The van der Waals surface area contributed by atoms with E-state index in [-0.39, 0.29) is 6.04 Å². The molecule has 0 spiro atoms. The second-order valence-electron chi connectivity index (χ2n) is 4.52. The smallest absolute Gasteiger partial charge is 0.0595 e. The summed E-state index contributed by atoms with van der Waals surface area (Å²) in [4.78, 5) is 0. The van der Waals surface area contributed by atoms with E-state index in [2.05, 4.69) is 24.5 Å². The highest BCUT2D eigenvalue weighted by Gasteiger charge is 2.13. The van der Waals surface area contributed by atoms with Gasteiger partial charge in [0.1, 0.15) is 0 Å². The van der Waals surface area contributed by atoms with Gasteiger partial charge in [-0.3, -0.25) is 11.3 Å². The number of halogens is 2. The lowest BCUT2D eigenvalue weighted by Gasteiger charge is -2.18. The van der Waals surface area contributed by atoms with E-state index in [0.717, 1.165) is 12.0 Å². The molecule has 2 aromatic carbocycles. The van der Waals surface area contributed by atoms with E-state index in [1.54, 1.807) is 6.07 Å². The summed E-state index contributed by atoms with van der Waals surface area (Å²) in [5.41, 5.74) is 6.38. The fraction of sp³-hybridized carbons (Fsp3) is 0.200. The summed E-state index contributed by atoms with van der Waals surface area (Å²) in [7, 11) is 0. The molecule has 2 nitrogen and oxygen atoms in total. The van der Waals surface area contributed by atoms with Crippen molar-refractivity contribution >= 4 is 23.2 Å². The molecule has 2 aromatic rings. The second kappa shape index (κ2) is 6.40. The van der Waals surface area contributed by atoms with Crippen LogP contribution in [-0.4, -0.2) is 0 Å². The SMILES string of the molecule is Cc1ccccc1CC(NN)c1ccc(Cl)c(Cl)c1. The molecule has 2 rings (SSSR count). The molecule has 0 aromatic heterocycles. The van der Waals surface area contributed by atoms with Crippen molar-refractivity contribution in [2.45, 2.75) is 19.4 Å². The molecule has 0 amide bonds. The largest absolute Gasteiger partial charge is 0.271 e. The van der Waals surface area contributed by atoms with E-state index >= 15 is 0 Å². The van der Waals surface area contributed by atoms with E-state index in [1.807, 2.05) is 24.3 Å². The molecule has 0 bridgehead atoms. The maximum atomic E-state index is 6.05. The first-order valence-corrected chi connectivity index (χ1v) is 6.83. The minimum Gasteiger partial charge on any atom is -0.271 e. The molecular formula is C15H16Cl2N2. The van der Waals surface area contributed by atoms with Gasteiger partial charge in [-0.2, -0.15) is 0 Å². The zero-order valence-electron chi connectivity index (χ0n) is 10.7. The van der Waals surface area contributed by atoms with Crippen molar-refractivity contribution < 1.29 is 0 Å². The van der Waals surface area contributed by atoms with E-state index < -0.39 is 0 Å². The van der Waals surface area contributed by atoms with Crippen molar-refractivity contribution in [3.63, 3.8) is 0 Å². The first-order valence-electron chi connectivity index (χ1n) is 6.07. The monoisotopic (exact) mass is 294 g/mol. The van der Waals surface area contributed by atoms with Gasteiger partial charge in [0.05, 0.1) is 16.1 Å². The van der Waals surface area contributed by atoms with Gasteiger partial charge < -0.3 is 0 Å². The van der Waals surface area contributed by atoms with Gasteiger partial charge in [0.25, 0.3) is 0 Å². The fourth-order valence-corrected chi connectivity index (χ4v) is 2.37. The summed E-state index contributed by atoms with van der Waals surface area (Å²) >= 11 is 12.0. The average Bonchev–Trinajstić information content (AvgIpc) is 2.41. The molecule has 0 radical (unpaired) electrons. The van der Waals surface area contributed by atoms with Crippen LogP contribution in [0.25, 0.3) is 0 Å². The van der Waals surface area contributed by atoms with Crippen LogP contribution in [0.3, 0.4) is 0 Å². The van der Waals surface area contributed by atoms with E-state index in [4.69, 9.17) is 29.0 Å². The van der Waals surface area contributed by atoms with Gasteiger partial charge in [-0.15, -0.1) is 0 Å². The van der Waals surface area contributed by atoms with Crippen LogP contribution in [-0.2, 0) is 6.42 Å². The average molecular weight is 295 g/mol. The fourth-order valence-electron chi connectivity index (χ4n) is 2.06. The van der Waals surface area contributed by atoms with Crippen LogP contribution in [0.4, 0.5) is 0 Å². The highest BCUT2D eigenvalue weighted by Crippen LogP contribution is 2.27. The maximum Gasteiger partial charge on any atom is 0.0595 e. The third-order valence-electron chi connectivity index (χ3n) is 3.23. The van der Waals surface area contributed by atoms with Crippen LogP contribution >= 0.6 is 23.2 Å². The minimum atomic E-state index is 0.0101. The molecule has 0 fully saturated rings. The molecule has 1 atom stereocenters. The van der Waals surface area contributed by atoms with Crippen molar-refractivity contribution in [1.82, 2.24) is 5.43 Å². The molecular weight excluding hydrogens is 279 g/mol. The number of benzene rings is 2. The molecule has 4 heteroatoms. The lowest BCUT2D eigenvalue weighted by Crippen LogP contribution is -2.29. The van der Waals surface area contributed by atoms with E-state index in [1.165, 1.54) is 11.1 Å². The molecule has 0 heterocycles. The van der Waals surface area contributed by atoms with Crippen LogP contribution < -0.4 is 11.3 Å². The number of aryl methyl sites for hydroxylation is 1. The molecule has 0 aliphatic rings. The maximum absolute atomic E-state index is 6.05. The zero-order chi connectivity index (χ0) is 13.8. The molecule has 19 heavy (non-hydrogen) atoms. The molecule has 0 saturated carbocycles. The van der Waals surface area contributed by atoms with Gasteiger partial charge in [0.2, 0.25) is 0 Å². The number of hydrogen-bond donors (Lipinski definition) is 2. The second-order valence-corrected chi connectivity index (χ2v) is 5.34. The molecule has 1 unspecified atom stereocenters. The number of nitrogens with two attached hydrogens (primary N) is 1. The van der Waals surface area contributed by atoms with Crippen LogP contribution in [0.1, 0.15) is 22.7 Å². The van der Waals surface area contributed by atoms with Gasteiger partial charge in [0.15, 0.2) is 0 Å². The van der Waals surface area contributed by atoms with E-state index in [9.17, 15) is 0 Å². The van der Waals surface area contributed by atoms with Gasteiger partial charge in [-0.1, -0.05) is 53.5 Å². The van der Waals surface area contributed by atoms with Crippen LogP contribution in [0, 0.1) is 6.92 Å². The van der Waals surface area contributed by atoms with E-state index in [0.29, 0.717) is 10.0 Å². The summed E-state index contributed by atoms with van der Waals surface area (Å²) in [5.74, 6) is 5.66. The highest BCUT2D eigenvalue weighted by atomic mass is 35.5. The number of hydrazine groups is 1. The van der Waals surface area contributed by atoms with Crippen LogP contribution in [0.5, 0.6) is 0 Å². The quantitative estimate of drug-likeness (QED) is 0.659. The first-order chi connectivity index (χ1) is 9.11. The molecule has 100 valence electrons. The van der Waals surface area contributed by atoms with Crippen molar-refractivity contribution in [1.29, 1.82) is 0 Å². The topological polar surface area (TPSA) is 38.0 Å². The highest BCUT2D eigenvalue weighted by molar-refractivity contribution is 6.42. The summed E-state index contributed by atoms with van der Waals surface area (Å²) in [6, 6.07) is 13.9. The summed E-state index contributed by atoms with van der Waals surface area (Å²) in [6.07, 6.45) is 0.807. The predicted molar refractivity (Wildman–Crippen MR) is 81.4 cm³/mol. The van der Waals surface area contributed by atoms with Crippen molar-refractivity contribution in [2.75, 3.05) is 0 Å². The van der Waals surface area contributed by atoms with Gasteiger partial charge in [0, 0.05) is 0 Å². The Kier molecular flexibility index (Phi) is 4.83. The number of hydrogen-bond acceptors (Lipinski definition) is 2.